The first-order valence-corrected chi connectivity index (χ1v) is 7.03. The molecule has 0 unspecified atom stereocenters. The molecule has 0 aliphatic carbocycles. The molecule has 0 aliphatic heterocycles. The van der Waals surface area contributed by atoms with E-state index >= 15 is 0 Å². The van der Waals surface area contributed by atoms with Crippen molar-refractivity contribution in [3.05, 3.63) is 28.4 Å². The second kappa shape index (κ2) is 6.16. The van der Waals surface area contributed by atoms with Crippen LogP contribution in [0.5, 0.6) is 0 Å². The van der Waals surface area contributed by atoms with Gasteiger partial charge in [-0.05, 0) is 79.9 Å². The van der Waals surface area contributed by atoms with Gasteiger partial charge in [0.05, 0.1) is 0 Å². The summed E-state index contributed by atoms with van der Waals surface area (Å²) in [5.41, 5.74) is 1.09. The average Bonchev–Trinajstić information content (AvgIpc) is 2.15. The fourth-order valence-electron chi connectivity index (χ4n) is 1.10. The molecular weight excluding hydrogens is 521 g/mol. The van der Waals surface area contributed by atoms with Crippen LogP contribution in [0.1, 0.15) is 11.9 Å². The molecule has 0 spiro atoms. The lowest BCUT2D eigenvalue weighted by Crippen LogP contribution is -2.07. The maximum Gasteiger partial charge on any atom is 0.184 e. The molecule has 1 rings (SSSR count). The molecule has 1 aromatic carbocycles. The first-order valence-electron chi connectivity index (χ1n) is 3.80. The van der Waals surface area contributed by atoms with Crippen LogP contribution in [0.2, 0.25) is 0 Å². The van der Waals surface area contributed by atoms with Gasteiger partial charge in [0.15, 0.2) is 6.29 Å². The topological polar surface area (TPSA) is 18.5 Å². The minimum atomic E-state index is -0.273. The van der Waals surface area contributed by atoms with Crippen molar-refractivity contribution in [2.75, 3.05) is 14.2 Å². The maximum atomic E-state index is 5.24. The molecule has 0 aliphatic rings. The van der Waals surface area contributed by atoms with E-state index in [-0.39, 0.29) is 6.29 Å². The number of hydrogen-bond acceptors (Lipinski definition) is 2. The van der Waals surface area contributed by atoms with Gasteiger partial charge >= 0.3 is 0 Å². The van der Waals surface area contributed by atoms with Gasteiger partial charge in [0.25, 0.3) is 0 Å². The number of benzene rings is 1. The molecule has 0 atom stereocenters. The molecule has 14 heavy (non-hydrogen) atoms. The fraction of sp³-hybridized carbons (Fsp3) is 0.333. The van der Waals surface area contributed by atoms with E-state index in [0.717, 1.165) is 5.56 Å². The van der Waals surface area contributed by atoms with Crippen LogP contribution in [0, 0.1) is 10.7 Å². The third kappa shape index (κ3) is 3.16. The number of methoxy groups -OCH3 is 2. The largest absolute Gasteiger partial charge is 0.352 e. The summed E-state index contributed by atoms with van der Waals surface area (Å²) in [6.07, 6.45) is -0.273. The van der Waals surface area contributed by atoms with Gasteiger partial charge in [-0.2, -0.15) is 0 Å². The van der Waals surface area contributed by atoms with Crippen molar-refractivity contribution >= 4 is 67.8 Å². The van der Waals surface area contributed by atoms with Gasteiger partial charge in [-0.15, -0.1) is 0 Å². The zero-order valence-electron chi connectivity index (χ0n) is 7.68. The molecule has 0 heterocycles. The summed E-state index contributed by atoms with van der Waals surface area (Å²) in [5.74, 6) is 0. The zero-order chi connectivity index (χ0) is 10.7. The summed E-state index contributed by atoms with van der Waals surface area (Å²) in [5, 5.41) is 0. The molecule has 0 bridgehead atoms. The Morgan fingerprint density at radius 3 is 2.14 bits per heavy atom. The van der Waals surface area contributed by atoms with Crippen molar-refractivity contribution in [2.45, 2.75) is 6.29 Å². The highest BCUT2D eigenvalue weighted by Crippen LogP contribution is 2.29. The third-order valence-electron chi connectivity index (χ3n) is 1.70. The zero-order valence-corrected chi connectivity index (χ0v) is 14.2. The summed E-state index contributed by atoms with van der Waals surface area (Å²) in [6, 6.07) is 4.22. The Hall–Kier alpha value is 1.33. The molecule has 0 fully saturated rings. The van der Waals surface area contributed by atoms with Crippen molar-refractivity contribution in [3.63, 3.8) is 0 Å². The van der Waals surface area contributed by atoms with E-state index < -0.39 is 0 Å². The van der Waals surface area contributed by atoms with Gasteiger partial charge in [0, 0.05) is 30.5 Å². The van der Waals surface area contributed by atoms with Crippen LogP contribution >= 0.6 is 67.8 Å². The fourth-order valence-corrected chi connectivity index (χ4v) is 3.55. The Morgan fingerprint density at radius 2 is 1.64 bits per heavy atom. The molecule has 0 N–H and O–H groups in total. The quantitative estimate of drug-likeness (QED) is 0.337. The van der Waals surface area contributed by atoms with E-state index in [1.807, 2.05) is 0 Å². The molecule has 0 amide bonds. The Labute approximate surface area is 125 Å². The summed E-state index contributed by atoms with van der Waals surface area (Å²) >= 11 is 6.93. The average molecular weight is 530 g/mol. The van der Waals surface area contributed by atoms with Crippen molar-refractivity contribution in [1.82, 2.24) is 0 Å². The van der Waals surface area contributed by atoms with Crippen molar-refractivity contribution in [3.8, 4) is 0 Å². The van der Waals surface area contributed by atoms with Gasteiger partial charge in [-0.1, -0.05) is 0 Å². The monoisotopic (exact) mass is 530 g/mol. The van der Waals surface area contributed by atoms with Crippen LogP contribution in [-0.4, -0.2) is 14.2 Å². The number of hydrogen-bond donors (Lipinski definition) is 0. The number of ether oxygens (including phenoxy) is 2. The molecule has 0 saturated heterocycles. The maximum absolute atomic E-state index is 5.24. The lowest BCUT2D eigenvalue weighted by atomic mass is 10.2. The molecular formula is C9H9I3O2. The van der Waals surface area contributed by atoms with E-state index in [4.69, 9.17) is 9.47 Å². The van der Waals surface area contributed by atoms with Gasteiger partial charge in [-0.3, -0.25) is 0 Å². The lowest BCUT2D eigenvalue weighted by molar-refractivity contribution is -0.106. The Morgan fingerprint density at radius 1 is 1.07 bits per heavy atom. The summed E-state index contributed by atoms with van der Waals surface area (Å²) < 4.78 is 14.1. The van der Waals surface area contributed by atoms with Gasteiger partial charge in [0.1, 0.15) is 0 Å². The standard InChI is InChI=1S/C9H9I3O2/c1-13-9(14-2)6-3-5(10)4-7(11)8(6)12/h3-4,9H,1-2H3. The molecule has 0 aromatic heterocycles. The Kier molecular flexibility index (Phi) is 5.89. The van der Waals surface area contributed by atoms with Crippen LogP contribution in [0.4, 0.5) is 0 Å². The van der Waals surface area contributed by atoms with Crippen molar-refractivity contribution < 1.29 is 9.47 Å². The van der Waals surface area contributed by atoms with E-state index in [0.29, 0.717) is 0 Å². The highest BCUT2D eigenvalue weighted by molar-refractivity contribution is 14.1. The normalized spacial score (nSPS) is 11.0. The predicted molar refractivity (Wildman–Crippen MR) is 81.4 cm³/mol. The first-order chi connectivity index (χ1) is 6.60. The van der Waals surface area contributed by atoms with Gasteiger partial charge < -0.3 is 9.47 Å². The second-order valence-electron chi connectivity index (χ2n) is 2.59. The van der Waals surface area contributed by atoms with Gasteiger partial charge in [0.2, 0.25) is 0 Å². The smallest absolute Gasteiger partial charge is 0.184 e. The van der Waals surface area contributed by atoms with Crippen molar-refractivity contribution in [1.29, 1.82) is 0 Å². The minimum Gasteiger partial charge on any atom is -0.352 e. The SMILES string of the molecule is COC(OC)c1cc(I)cc(I)c1I. The van der Waals surface area contributed by atoms with Gasteiger partial charge in [-0.25, -0.2) is 0 Å². The second-order valence-corrected chi connectivity index (χ2v) is 6.08. The minimum absolute atomic E-state index is 0.273. The molecule has 1 aromatic rings. The van der Waals surface area contributed by atoms with Crippen molar-refractivity contribution in [2.24, 2.45) is 0 Å². The Bertz CT molecular complexity index is 324. The van der Waals surface area contributed by atoms with E-state index in [1.165, 1.54) is 10.7 Å². The highest BCUT2D eigenvalue weighted by Gasteiger charge is 2.15. The van der Waals surface area contributed by atoms with Crippen LogP contribution in [0.3, 0.4) is 0 Å². The Balaban J connectivity index is 3.18. The first kappa shape index (κ1) is 13.4. The molecule has 2 nitrogen and oxygen atoms in total. The molecule has 0 radical (unpaired) electrons. The van der Waals surface area contributed by atoms with Crippen LogP contribution in [0.25, 0.3) is 0 Å². The van der Waals surface area contributed by atoms with E-state index in [1.54, 1.807) is 14.2 Å². The van der Waals surface area contributed by atoms with Crippen LogP contribution in [0.15, 0.2) is 12.1 Å². The van der Waals surface area contributed by atoms with Crippen LogP contribution < -0.4 is 0 Å². The third-order valence-corrected chi connectivity index (χ3v) is 5.41. The summed E-state index contributed by atoms with van der Waals surface area (Å²) in [4.78, 5) is 0. The molecule has 5 heteroatoms. The summed E-state index contributed by atoms with van der Waals surface area (Å²) in [7, 11) is 3.30. The lowest BCUT2D eigenvalue weighted by Gasteiger charge is -2.16. The predicted octanol–water partition coefficient (Wildman–Crippen LogP) is 3.79. The number of halogens is 3. The van der Waals surface area contributed by atoms with E-state index in [2.05, 4.69) is 79.9 Å². The highest BCUT2D eigenvalue weighted by atomic mass is 127. The molecule has 78 valence electrons. The number of rotatable bonds is 3. The molecule has 0 saturated carbocycles. The van der Waals surface area contributed by atoms with E-state index in [9.17, 15) is 0 Å². The summed E-state index contributed by atoms with van der Waals surface area (Å²) in [6.45, 7) is 0. The van der Waals surface area contributed by atoms with Crippen LogP contribution in [-0.2, 0) is 9.47 Å².